The molecule has 1 aromatic rings. The number of hydrogen-bond donors (Lipinski definition) is 2. The molecule has 0 radical (unpaired) electrons. The van der Waals surface area contributed by atoms with E-state index in [-0.39, 0.29) is 36.5 Å². The van der Waals surface area contributed by atoms with Crippen LogP contribution in [0.25, 0.3) is 0 Å². The fourth-order valence-corrected chi connectivity index (χ4v) is 2.53. The molecule has 1 saturated heterocycles. The van der Waals surface area contributed by atoms with Gasteiger partial charge in [-0.2, -0.15) is 8.78 Å². The molecule has 0 saturated carbocycles. The van der Waals surface area contributed by atoms with Crippen LogP contribution in [0, 0.1) is 11.8 Å². The molecular formula is C14H18BrClF2N2O2. The summed E-state index contributed by atoms with van der Waals surface area (Å²) in [5.74, 6) is 0.234. The standard InChI is InChI=1S/C14H17BrF2N2O2.ClH/c1-8(10-5-18-6-10)13(20)19-7-9-4-11(15)2-3-12(9)21-14(16)17;/h2-4,8,10,14,18H,5-7H2,1H3,(H,19,20);1H. The average Bonchev–Trinajstić information content (AvgIpc) is 2.36. The topological polar surface area (TPSA) is 50.4 Å². The SMILES string of the molecule is CC(C(=O)NCc1cc(Br)ccc1OC(F)F)C1CNC1.Cl. The van der Waals surface area contributed by atoms with E-state index in [1.165, 1.54) is 6.07 Å². The van der Waals surface area contributed by atoms with Crippen LogP contribution in [0.4, 0.5) is 8.78 Å². The first kappa shape index (κ1) is 19.1. The van der Waals surface area contributed by atoms with Crippen molar-refractivity contribution in [2.45, 2.75) is 20.1 Å². The predicted molar refractivity (Wildman–Crippen MR) is 85.4 cm³/mol. The van der Waals surface area contributed by atoms with Gasteiger partial charge in [-0.25, -0.2) is 0 Å². The molecule has 0 spiro atoms. The maximum Gasteiger partial charge on any atom is 0.387 e. The number of rotatable bonds is 6. The number of benzene rings is 1. The Labute approximate surface area is 142 Å². The number of alkyl halides is 2. The van der Waals surface area contributed by atoms with E-state index in [2.05, 4.69) is 31.3 Å². The highest BCUT2D eigenvalue weighted by Gasteiger charge is 2.28. The zero-order chi connectivity index (χ0) is 15.4. The third-order valence-electron chi connectivity index (χ3n) is 3.63. The van der Waals surface area contributed by atoms with Crippen molar-refractivity contribution >= 4 is 34.2 Å². The maximum absolute atomic E-state index is 12.4. The summed E-state index contributed by atoms with van der Waals surface area (Å²) in [5.41, 5.74) is 0.511. The molecule has 1 amide bonds. The Morgan fingerprint density at radius 2 is 2.18 bits per heavy atom. The van der Waals surface area contributed by atoms with Crippen molar-refractivity contribution in [2.24, 2.45) is 11.8 Å². The van der Waals surface area contributed by atoms with Crippen LogP contribution >= 0.6 is 28.3 Å². The molecule has 2 N–H and O–H groups in total. The van der Waals surface area contributed by atoms with Crippen LogP contribution in [-0.2, 0) is 11.3 Å². The molecule has 8 heteroatoms. The Bertz CT molecular complexity index is 516. The summed E-state index contributed by atoms with van der Waals surface area (Å²) >= 11 is 3.28. The van der Waals surface area contributed by atoms with Crippen molar-refractivity contribution in [2.75, 3.05) is 13.1 Å². The smallest absolute Gasteiger partial charge is 0.387 e. The number of carbonyl (C=O) groups excluding carboxylic acids is 1. The van der Waals surface area contributed by atoms with Gasteiger partial charge in [0.25, 0.3) is 0 Å². The quantitative estimate of drug-likeness (QED) is 0.773. The second-order valence-electron chi connectivity index (χ2n) is 5.06. The molecule has 1 fully saturated rings. The Hall–Kier alpha value is -0.920. The molecule has 4 nitrogen and oxygen atoms in total. The summed E-state index contributed by atoms with van der Waals surface area (Å²) in [6.07, 6.45) is 0. The van der Waals surface area contributed by atoms with Crippen molar-refractivity contribution < 1.29 is 18.3 Å². The number of amides is 1. The van der Waals surface area contributed by atoms with E-state index < -0.39 is 6.61 Å². The number of nitrogens with one attached hydrogen (secondary N) is 2. The summed E-state index contributed by atoms with van der Waals surface area (Å²) in [4.78, 5) is 12.0. The van der Waals surface area contributed by atoms with Gasteiger partial charge in [0.1, 0.15) is 5.75 Å². The molecule has 1 aliphatic rings. The van der Waals surface area contributed by atoms with Crippen LogP contribution in [0.1, 0.15) is 12.5 Å². The lowest BCUT2D eigenvalue weighted by atomic mass is 9.88. The summed E-state index contributed by atoms with van der Waals surface area (Å²) in [6, 6.07) is 4.73. The van der Waals surface area contributed by atoms with Gasteiger partial charge in [-0.1, -0.05) is 22.9 Å². The van der Waals surface area contributed by atoms with Gasteiger partial charge in [0.2, 0.25) is 5.91 Å². The normalized spacial score (nSPS) is 15.7. The second-order valence-corrected chi connectivity index (χ2v) is 5.97. The van der Waals surface area contributed by atoms with E-state index in [9.17, 15) is 13.6 Å². The molecule has 1 heterocycles. The molecule has 0 bridgehead atoms. The van der Waals surface area contributed by atoms with Gasteiger partial charge in [0.15, 0.2) is 0 Å². The minimum absolute atomic E-state index is 0. The summed E-state index contributed by atoms with van der Waals surface area (Å²) in [6.45, 7) is 0.820. The second kappa shape index (κ2) is 8.64. The summed E-state index contributed by atoms with van der Waals surface area (Å²) < 4.78 is 29.9. The van der Waals surface area contributed by atoms with Crippen LogP contribution in [-0.4, -0.2) is 25.6 Å². The van der Waals surface area contributed by atoms with Crippen LogP contribution in [0.3, 0.4) is 0 Å². The fourth-order valence-electron chi connectivity index (χ4n) is 2.12. The lowest BCUT2D eigenvalue weighted by molar-refractivity contribution is -0.126. The molecule has 1 unspecified atom stereocenters. The van der Waals surface area contributed by atoms with Gasteiger partial charge in [-0.3, -0.25) is 4.79 Å². The van der Waals surface area contributed by atoms with Crippen molar-refractivity contribution in [3.05, 3.63) is 28.2 Å². The number of halogens is 4. The highest BCUT2D eigenvalue weighted by Crippen LogP contribution is 2.25. The van der Waals surface area contributed by atoms with Gasteiger partial charge in [0, 0.05) is 22.5 Å². The van der Waals surface area contributed by atoms with E-state index in [1.54, 1.807) is 12.1 Å². The van der Waals surface area contributed by atoms with Crippen molar-refractivity contribution in [1.29, 1.82) is 0 Å². The Morgan fingerprint density at radius 1 is 1.50 bits per heavy atom. The summed E-state index contributed by atoms with van der Waals surface area (Å²) in [5, 5.41) is 5.90. The lowest BCUT2D eigenvalue weighted by Crippen LogP contribution is -2.49. The van der Waals surface area contributed by atoms with E-state index >= 15 is 0 Å². The number of hydrogen-bond acceptors (Lipinski definition) is 3. The molecule has 22 heavy (non-hydrogen) atoms. The highest BCUT2D eigenvalue weighted by molar-refractivity contribution is 9.10. The number of ether oxygens (including phenoxy) is 1. The first-order valence-electron chi connectivity index (χ1n) is 6.69. The monoisotopic (exact) mass is 398 g/mol. The Balaban J connectivity index is 0.00000242. The zero-order valence-electron chi connectivity index (χ0n) is 11.9. The predicted octanol–water partition coefficient (Wildman–Crippen LogP) is 2.94. The van der Waals surface area contributed by atoms with Crippen molar-refractivity contribution in [3.63, 3.8) is 0 Å². The molecule has 1 aliphatic heterocycles. The van der Waals surface area contributed by atoms with Crippen LogP contribution < -0.4 is 15.4 Å². The lowest BCUT2D eigenvalue weighted by Gasteiger charge is -2.31. The Kier molecular flexibility index (Phi) is 7.52. The molecule has 2 rings (SSSR count). The molecule has 1 atom stereocenters. The molecule has 0 aliphatic carbocycles. The molecule has 0 aromatic heterocycles. The average molecular weight is 400 g/mol. The van der Waals surface area contributed by atoms with E-state index in [4.69, 9.17) is 0 Å². The van der Waals surface area contributed by atoms with Gasteiger partial charge < -0.3 is 15.4 Å². The van der Waals surface area contributed by atoms with Gasteiger partial charge in [-0.15, -0.1) is 12.4 Å². The van der Waals surface area contributed by atoms with Crippen LogP contribution in [0.5, 0.6) is 5.75 Å². The van der Waals surface area contributed by atoms with Gasteiger partial charge in [-0.05, 0) is 37.2 Å². The first-order valence-corrected chi connectivity index (χ1v) is 7.48. The molecule has 124 valence electrons. The minimum atomic E-state index is -2.89. The van der Waals surface area contributed by atoms with E-state index in [0.717, 1.165) is 17.6 Å². The third kappa shape index (κ3) is 5.07. The summed E-state index contributed by atoms with van der Waals surface area (Å²) in [7, 11) is 0. The molecule has 1 aromatic carbocycles. The van der Waals surface area contributed by atoms with E-state index in [1.807, 2.05) is 6.92 Å². The maximum atomic E-state index is 12.4. The van der Waals surface area contributed by atoms with E-state index in [0.29, 0.717) is 11.5 Å². The largest absolute Gasteiger partial charge is 0.434 e. The Morgan fingerprint density at radius 3 is 2.73 bits per heavy atom. The fraction of sp³-hybridized carbons (Fsp3) is 0.500. The van der Waals surface area contributed by atoms with Gasteiger partial charge in [0.05, 0.1) is 0 Å². The van der Waals surface area contributed by atoms with Crippen molar-refractivity contribution in [1.82, 2.24) is 10.6 Å². The first-order chi connectivity index (χ1) is 9.97. The number of carbonyl (C=O) groups is 1. The minimum Gasteiger partial charge on any atom is -0.434 e. The molecular weight excluding hydrogens is 382 g/mol. The van der Waals surface area contributed by atoms with Gasteiger partial charge >= 0.3 is 6.61 Å². The van der Waals surface area contributed by atoms with Crippen molar-refractivity contribution in [3.8, 4) is 5.75 Å². The van der Waals surface area contributed by atoms with Crippen LogP contribution in [0.2, 0.25) is 0 Å². The third-order valence-corrected chi connectivity index (χ3v) is 4.12. The van der Waals surface area contributed by atoms with Crippen LogP contribution in [0.15, 0.2) is 22.7 Å². The highest BCUT2D eigenvalue weighted by atomic mass is 79.9. The zero-order valence-corrected chi connectivity index (χ0v) is 14.3.